The first kappa shape index (κ1) is 13.3. The number of aromatic nitrogens is 1. The van der Waals surface area contributed by atoms with Crippen molar-refractivity contribution in [3.05, 3.63) is 57.9 Å². The second-order valence-electron chi connectivity index (χ2n) is 3.92. The molecule has 20 heavy (non-hydrogen) atoms. The summed E-state index contributed by atoms with van der Waals surface area (Å²) < 4.78 is 0. The number of carbonyl (C=O) groups is 2. The van der Waals surface area contributed by atoms with E-state index in [-0.39, 0.29) is 16.8 Å². The molecule has 2 aromatic rings. The van der Waals surface area contributed by atoms with Gasteiger partial charge in [0, 0.05) is 12.1 Å². The number of amides is 1. The van der Waals surface area contributed by atoms with Gasteiger partial charge in [-0.1, -0.05) is 12.1 Å². The van der Waals surface area contributed by atoms with Crippen molar-refractivity contribution in [2.45, 2.75) is 0 Å². The molecule has 0 radical (unpaired) electrons. The SMILES string of the molecule is O=C(Nc1ccccc1C(=O)O)c1cc(O)[nH]c(=O)c1. The third-order valence-electron chi connectivity index (χ3n) is 2.50. The first-order valence-corrected chi connectivity index (χ1v) is 5.54. The molecule has 1 aromatic carbocycles. The maximum Gasteiger partial charge on any atom is 0.337 e. The molecule has 2 rings (SSSR count). The van der Waals surface area contributed by atoms with Crippen LogP contribution in [0.5, 0.6) is 5.88 Å². The summed E-state index contributed by atoms with van der Waals surface area (Å²) in [6, 6.07) is 7.93. The summed E-state index contributed by atoms with van der Waals surface area (Å²) in [6.07, 6.45) is 0. The Morgan fingerprint density at radius 1 is 1.15 bits per heavy atom. The van der Waals surface area contributed by atoms with Crippen LogP contribution >= 0.6 is 0 Å². The Balaban J connectivity index is 2.33. The predicted octanol–water partition coefficient (Wildman–Crippen LogP) is 1.03. The van der Waals surface area contributed by atoms with E-state index in [0.29, 0.717) is 0 Å². The molecule has 0 aliphatic heterocycles. The maximum atomic E-state index is 11.9. The highest BCUT2D eigenvalue weighted by Crippen LogP contribution is 2.16. The number of pyridine rings is 1. The zero-order chi connectivity index (χ0) is 14.7. The van der Waals surface area contributed by atoms with Crippen LogP contribution in [0.4, 0.5) is 5.69 Å². The van der Waals surface area contributed by atoms with Gasteiger partial charge in [0.25, 0.3) is 11.5 Å². The first-order chi connectivity index (χ1) is 9.47. The number of para-hydroxylation sites is 1. The summed E-state index contributed by atoms with van der Waals surface area (Å²) in [6.45, 7) is 0. The number of anilines is 1. The van der Waals surface area contributed by atoms with Crippen molar-refractivity contribution in [3.8, 4) is 5.88 Å². The van der Waals surface area contributed by atoms with E-state index in [2.05, 4.69) is 10.3 Å². The Labute approximate surface area is 112 Å². The summed E-state index contributed by atoms with van der Waals surface area (Å²) in [5.41, 5.74) is -0.687. The third kappa shape index (κ3) is 2.83. The second kappa shape index (κ2) is 5.27. The van der Waals surface area contributed by atoms with Gasteiger partial charge in [0.15, 0.2) is 5.88 Å². The fourth-order valence-electron chi connectivity index (χ4n) is 1.63. The van der Waals surface area contributed by atoms with Crippen LogP contribution in [0.2, 0.25) is 0 Å². The highest BCUT2D eigenvalue weighted by atomic mass is 16.4. The quantitative estimate of drug-likeness (QED) is 0.666. The van der Waals surface area contributed by atoms with Crippen LogP contribution in [0.25, 0.3) is 0 Å². The Kier molecular flexibility index (Phi) is 3.52. The fraction of sp³-hybridized carbons (Fsp3) is 0. The monoisotopic (exact) mass is 274 g/mol. The molecule has 0 atom stereocenters. The molecule has 0 unspecified atom stereocenters. The van der Waals surface area contributed by atoms with Gasteiger partial charge in [-0.2, -0.15) is 0 Å². The van der Waals surface area contributed by atoms with Crippen LogP contribution < -0.4 is 10.9 Å². The Morgan fingerprint density at radius 2 is 1.85 bits per heavy atom. The molecule has 0 spiro atoms. The van der Waals surface area contributed by atoms with E-state index in [4.69, 9.17) is 5.11 Å². The standard InChI is InChI=1S/C13H10N2O5/c16-10-5-7(6-11(17)15-10)12(18)14-9-4-2-1-3-8(9)13(19)20/h1-6H,(H,14,18)(H,19,20)(H2,15,16,17). The number of carboxylic acids is 1. The van der Waals surface area contributed by atoms with E-state index in [9.17, 15) is 19.5 Å². The number of nitrogens with one attached hydrogen (secondary N) is 2. The van der Waals surface area contributed by atoms with E-state index in [0.717, 1.165) is 12.1 Å². The topological polar surface area (TPSA) is 119 Å². The number of benzene rings is 1. The molecule has 1 aromatic heterocycles. The number of carbonyl (C=O) groups excluding carboxylic acids is 1. The number of H-pyrrole nitrogens is 1. The number of aromatic hydroxyl groups is 1. The number of hydrogen-bond donors (Lipinski definition) is 4. The molecule has 0 bridgehead atoms. The first-order valence-electron chi connectivity index (χ1n) is 5.54. The summed E-state index contributed by atoms with van der Waals surface area (Å²) in [5.74, 6) is -2.33. The number of hydrogen-bond acceptors (Lipinski definition) is 4. The molecule has 7 heteroatoms. The highest BCUT2D eigenvalue weighted by Gasteiger charge is 2.13. The average Bonchev–Trinajstić information content (AvgIpc) is 2.37. The number of aromatic amines is 1. The van der Waals surface area contributed by atoms with E-state index in [1.165, 1.54) is 18.2 Å². The van der Waals surface area contributed by atoms with E-state index in [1.807, 2.05) is 0 Å². The van der Waals surface area contributed by atoms with Crippen molar-refractivity contribution in [2.24, 2.45) is 0 Å². The lowest BCUT2D eigenvalue weighted by molar-refractivity contribution is 0.0698. The van der Waals surface area contributed by atoms with Gasteiger partial charge in [-0.05, 0) is 12.1 Å². The van der Waals surface area contributed by atoms with Crippen molar-refractivity contribution in [2.75, 3.05) is 5.32 Å². The van der Waals surface area contributed by atoms with E-state index >= 15 is 0 Å². The summed E-state index contributed by atoms with van der Waals surface area (Å²) in [4.78, 5) is 36.2. The molecular formula is C13H10N2O5. The molecule has 0 fully saturated rings. The molecule has 0 saturated heterocycles. The summed E-state index contributed by atoms with van der Waals surface area (Å²) in [5, 5.41) is 20.6. The second-order valence-corrected chi connectivity index (χ2v) is 3.92. The van der Waals surface area contributed by atoms with Crippen LogP contribution in [0.15, 0.2) is 41.2 Å². The van der Waals surface area contributed by atoms with E-state index in [1.54, 1.807) is 6.07 Å². The van der Waals surface area contributed by atoms with Crippen molar-refractivity contribution in [3.63, 3.8) is 0 Å². The number of rotatable bonds is 3. The van der Waals surface area contributed by atoms with Crippen molar-refractivity contribution in [1.82, 2.24) is 4.98 Å². The largest absolute Gasteiger partial charge is 0.494 e. The molecule has 1 heterocycles. The summed E-state index contributed by atoms with van der Waals surface area (Å²) in [7, 11) is 0. The van der Waals surface area contributed by atoms with Crippen LogP contribution in [0.3, 0.4) is 0 Å². The smallest absolute Gasteiger partial charge is 0.337 e. The van der Waals surface area contributed by atoms with Crippen molar-refractivity contribution >= 4 is 17.6 Å². The lowest BCUT2D eigenvalue weighted by Gasteiger charge is -2.08. The number of aromatic carboxylic acids is 1. The lowest BCUT2D eigenvalue weighted by Crippen LogP contribution is -2.17. The van der Waals surface area contributed by atoms with Crippen molar-refractivity contribution < 1.29 is 19.8 Å². The lowest BCUT2D eigenvalue weighted by atomic mass is 10.1. The van der Waals surface area contributed by atoms with Crippen LogP contribution in [-0.2, 0) is 0 Å². The van der Waals surface area contributed by atoms with Gasteiger partial charge in [-0.15, -0.1) is 0 Å². The summed E-state index contributed by atoms with van der Waals surface area (Å²) >= 11 is 0. The molecule has 1 amide bonds. The van der Waals surface area contributed by atoms with Crippen LogP contribution in [0.1, 0.15) is 20.7 Å². The Bertz CT molecular complexity index is 736. The Morgan fingerprint density at radius 3 is 2.50 bits per heavy atom. The van der Waals surface area contributed by atoms with Gasteiger partial charge in [0.2, 0.25) is 0 Å². The molecule has 102 valence electrons. The molecule has 0 aliphatic rings. The van der Waals surface area contributed by atoms with Gasteiger partial charge >= 0.3 is 5.97 Å². The number of carboxylic acid groups (broad SMARTS) is 1. The maximum absolute atomic E-state index is 11.9. The highest BCUT2D eigenvalue weighted by molar-refractivity contribution is 6.07. The van der Waals surface area contributed by atoms with Gasteiger partial charge < -0.3 is 15.5 Å². The molecule has 0 saturated carbocycles. The zero-order valence-corrected chi connectivity index (χ0v) is 10.1. The third-order valence-corrected chi connectivity index (χ3v) is 2.50. The zero-order valence-electron chi connectivity index (χ0n) is 10.1. The molecule has 7 nitrogen and oxygen atoms in total. The minimum absolute atomic E-state index is 0.0742. The minimum Gasteiger partial charge on any atom is -0.494 e. The van der Waals surface area contributed by atoms with Gasteiger partial charge in [-0.25, -0.2) is 4.79 Å². The fourth-order valence-corrected chi connectivity index (χ4v) is 1.63. The van der Waals surface area contributed by atoms with Crippen molar-refractivity contribution in [1.29, 1.82) is 0 Å². The van der Waals surface area contributed by atoms with Crippen LogP contribution in [-0.4, -0.2) is 27.1 Å². The predicted molar refractivity (Wildman–Crippen MR) is 70.1 cm³/mol. The Hall–Kier alpha value is -3.09. The minimum atomic E-state index is -1.19. The molecule has 0 aliphatic carbocycles. The van der Waals surface area contributed by atoms with Crippen LogP contribution in [0, 0.1) is 0 Å². The normalized spacial score (nSPS) is 10.0. The van der Waals surface area contributed by atoms with Gasteiger partial charge in [0.05, 0.1) is 16.8 Å². The van der Waals surface area contributed by atoms with Gasteiger partial charge in [-0.3, -0.25) is 14.6 Å². The van der Waals surface area contributed by atoms with E-state index < -0.39 is 23.3 Å². The van der Waals surface area contributed by atoms with Gasteiger partial charge in [0.1, 0.15) is 0 Å². The molecule has 4 N–H and O–H groups in total. The average molecular weight is 274 g/mol. The molecular weight excluding hydrogens is 264 g/mol.